The van der Waals surface area contributed by atoms with Crippen molar-refractivity contribution in [3.8, 4) is 0 Å². The Kier molecular flexibility index (Phi) is 3.71. The fourth-order valence-corrected chi connectivity index (χ4v) is 5.00. The first-order chi connectivity index (χ1) is 11.9. The molecule has 5 atom stereocenters. The smallest absolute Gasteiger partial charge is 0.247 e. The van der Waals surface area contributed by atoms with E-state index >= 15 is 0 Å². The van der Waals surface area contributed by atoms with E-state index in [1.54, 1.807) is 6.92 Å². The number of nitrogens with one attached hydrogen (secondary N) is 1. The Labute approximate surface area is 147 Å². The van der Waals surface area contributed by atoms with Gasteiger partial charge in [0, 0.05) is 5.69 Å². The molecule has 1 N–H and O–H groups in total. The van der Waals surface area contributed by atoms with Crippen LogP contribution in [0.2, 0.25) is 0 Å². The van der Waals surface area contributed by atoms with Crippen molar-refractivity contribution >= 4 is 23.4 Å². The Morgan fingerprint density at radius 3 is 2.24 bits per heavy atom. The van der Waals surface area contributed by atoms with Gasteiger partial charge >= 0.3 is 0 Å². The van der Waals surface area contributed by atoms with Gasteiger partial charge in [-0.05, 0) is 75.1 Å². The van der Waals surface area contributed by atoms with E-state index in [1.165, 1.54) is 4.90 Å². The van der Waals surface area contributed by atoms with Crippen LogP contribution in [0.4, 0.5) is 5.69 Å². The second-order valence-corrected chi connectivity index (χ2v) is 7.90. The van der Waals surface area contributed by atoms with Crippen LogP contribution in [-0.2, 0) is 14.4 Å². The summed E-state index contributed by atoms with van der Waals surface area (Å²) in [6.07, 6.45) is 3.09. The van der Waals surface area contributed by atoms with E-state index in [4.69, 9.17) is 0 Å². The standard InChI is InChI=1S/C20H24N2O3/c1-10-4-7-15(8-11(10)2)21-18(23)12(3)22-19(24)16-13-5-6-14(9-13)17(16)20(22)25/h4,7-8,12-14,16-17H,5-6,9H2,1-3H3,(H,21,23)/t12-,13-,14-,16+,17+/m0/s1. The van der Waals surface area contributed by atoms with Crippen molar-refractivity contribution in [1.29, 1.82) is 0 Å². The number of fused-ring (bicyclic) bond motifs is 5. The Hall–Kier alpha value is -2.17. The van der Waals surface area contributed by atoms with E-state index in [0.717, 1.165) is 30.4 Å². The number of hydrogen-bond acceptors (Lipinski definition) is 3. The zero-order valence-corrected chi connectivity index (χ0v) is 14.9. The molecule has 3 aliphatic rings. The van der Waals surface area contributed by atoms with Gasteiger partial charge in [0.2, 0.25) is 17.7 Å². The number of aryl methyl sites for hydroxylation is 2. The summed E-state index contributed by atoms with van der Waals surface area (Å²) in [4.78, 5) is 39.5. The van der Waals surface area contributed by atoms with E-state index in [2.05, 4.69) is 5.32 Å². The molecule has 132 valence electrons. The molecule has 5 nitrogen and oxygen atoms in total. The zero-order valence-electron chi connectivity index (χ0n) is 14.9. The third-order valence-corrected chi connectivity index (χ3v) is 6.50. The van der Waals surface area contributed by atoms with Crippen molar-refractivity contribution in [2.45, 2.75) is 46.1 Å². The highest BCUT2D eigenvalue weighted by atomic mass is 16.2. The molecule has 2 aliphatic carbocycles. The number of nitrogens with zero attached hydrogens (tertiary/aromatic N) is 1. The fraction of sp³-hybridized carbons (Fsp3) is 0.550. The van der Waals surface area contributed by atoms with Gasteiger partial charge in [-0.2, -0.15) is 0 Å². The Bertz CT molecular complexity index is 744. The molecule has 1 aromatic carbocycles. The van der Waals surface area contributed by atoms with Crippen LogP contribution in [0, 0.1) is 37.5 Å². The molecule has 0 spiro atoms. The van der Waals surface area contributed by atoms with Crippen LogP contribution in [0.1, 0.15) is 37.3 Å². The summed E-state index contributed by atoms with van der Waals surface area (Å²) >= 11 is 0. The molecule has 2 saturated carbocycles. The first kappa shape index (κ1) is 16.3. The van der Waals surface area contributed by atoms with Crippen molar-refractivity contribution in [3.63, 3.8) is 0 Å². The molecule has 0 radical (unpaired) electrons. The molecule has 2 bridgehead atoms. The molecule has 4 rings (SSSR count). The second-order valence-electron chi connectivity index (χ2n) is 7.90. The van der Waals surface area contributed by atoms with Gasteiger partial charge in [-0.25, -0.2) is 0 Å². The summed E-state index contributed by atoms with van der Waals surface area (Å²) in [6.45, 7) is 5.65. The first-order valence-corrected chi connectivity index (χ1v) is 9.13. The van der Waals surface area contributed by atoms with Gasteiger partial charge in [-0.3, -0.25) is 19.3 Å². The molecule has 1 heterocycles. The maximum absolute atomic E-state index is 12.8. The lowest BCUT2D eigenvalue weighted by Gasteiger charge is -2.24. The minimum Gasteiger partial charge on any atom is -0.324 e. The normalized spacial score (nSPS) is 31.4. The lowest BCUT2D eigenvalue weighted by atomic mass is 9.81. The number of anilines is 1. The van der Waals surface area contributed by atoms with Crippen molar-refractivity contribution in [2.75, 3.05) is 5.32 Å². The van der Waals surface area contributed by atoms with Gasteiger partial charge in [0.1, 0.15) is 6.04 Å². The molecule has 3 amide bonds. The maximum atomic E-state index is 12.8. The van der Waals surface area contributed by atoms with E-state index < -0.39 is 6.04 Å². The van der Waals surface area contributed by atoms with Gasteiger partial charge in [-0.1, -0.05) is 6.07 Å². The lowest BCUT2D eigenvalue weighted by Crippen LogP contribution is -2.46. The van der Waals surface area contributed by atoms with Crippen LogP contribution in [0.15, 0.2) is 18.2 Å². The number of imide groups is 1. The van der Waals surface area contributed by atoms with E-state index in [9.17, 15) is 14.4 Å². The molecule has 25 heavy (non-hydrogen) atoms. The third kappa shape index (κ3) is 2.40. The van der Waals surface area contributed by atoms with Gasteiger partial charge in [0.25, 0.3) is 0 Å². The van der Waals surface area contributed by atoms with Crippen LogP contribution in [-0.4, -0.2) is 28.7 Å². The van der Waals surface area contributed by atoms with E-state index in [1.807, 2.05) is 32.0 Å². The summed E-state index contributed by atoms with van der Waals surface area (Å²) in [5, 5.41) is 2.85. The number of carbonyl (C=O) groups excluding carboxylic acids is 3. The van der Waals surface area contributed by atoms with Crippen molar-refractivity contribution in [1.82, 2.24) is 4.90 Å². The second kappa shape index (κ2) is 5.68. The van der Waals surface area contributed by atoms with Gasteiger partial charge < -0.3 is 5.32 Å². The van der Waals surface area contributed by atoms with Crippen LogP contribution < -0.4 is 5.32 Å². The topological polar surface area (TPSA) is 66.5 Å². The van der Waals surface area contributed by atoms with Crippen LogP contribution >= 0.6 is 0 Å². The molecule has 0 unspecified atom stereocenters. The highest BCUT2D eigenvalue weighted by Gasteiger charge is 2.62. The molecule has 5 heteroatoms. The largest absolute Gasteiger partial charge is 0.324 e. The Morgan fingerprint density at radius 1 is 1.08 bits per heavy atom. The summed E-state index contributed by atoms with van der Waals surface area (Å²) in [5.74, 6) is -0.253. The molecule has 0 aromatic heterocycles. The molecular weight excluding hydrogens is 316 g/mol. The Morgan fingerprint density at radius 2 is 1.68 bits per heavy atom. The summed E-state index contributed by atoms with van der Waals surface area (Å²) < 4.78 is 0. The third-order valence-electron chi connectivity index (χ3n) is 6.50. The predicted molar refractivity (Wildman–Crippen MR) is 93.7 cm³/mol. The zero-order chi connectivity index (χ0) is 17.9. The van der Waals surface area contributed by atoms with Gasteiger partial charge in [0.05, 0.1) is 11.8 Å². The Balaban J connectivity index is 1.51. The molecule has 1 saturated heterocycles. The number of amides is 3. The predicted octanol–water partition coefficient (Wildman–Crippen LogP) is 2.66. The van der Waals surface area contributed by atoms with Crippen LogP contribution in [0.5, 0.6) is 0 Å². The van der Waals surface area contributed by atoms with Crippen LogP contribution in [0.3, 0.4) is 0 Å². The summed E-state index contributed by atoms with van der Waals surface area (Å²) in [7, 11) is 0. The molecule has 1 aromatic rings. The molecule has 1 aliphatic heterocycles. The van der Waals surface area contributed by atoms with E-state index in [0.29, 0.717) is 17.5 Å². The highest BCUT2D eigenvalue weighted by Crippen LogP contribution is 2.56. The van der Waals surface area contributed by atoms with Crippen molar-refractivity contribution in [2.24, 2.45) is 23.7 Å². The first-order valence-electron chi connectivity index (χ1n) is 9.13. The number of rotatable bonds is 3. The lowest BCUT2D eigenvalue weighted by molar-refractivity contribution is -0.146. The van der Waals surface area contributed by atoms with Gasteiger partial charge in [-0.15, -0.1) is 0 Å². The van der Waals surface area contributed by atoms with Crippen LogP contribution in [0.25, 0.3) is 0 Å². The molecule has 3 fully saturated rings. The monoisotopic (exact) mass is 340 g/mol. The average Bonchev–Trinajstić information content (AvgIpc) is 3.24. The average molecular weight is 340 g/mol. The highest BCUT2D eigenvalue weighted by molar-refractivity contribution is 6.10. The minimum absolute atomic E-state index is 0.134. The van der Waals surface area contributed by atoms with Gasteiger partial charge in [0.15, 0.2) is 0 Å². The number of likely N-dealkylation sites (tertiary alicyclic amines) is 1. The molecular formula is C20H24N2O3. The maximum Gasteiger partial charge on any atom is 0.247 e. The fourth-order valence-electron chi connectivity index (χ4n) is 5.00. The van der Waals surface area contributed by atoms with Crippen molar-refractivity contribution in [3.05, 3.63) is 29.3 Å². The summed E-state index contributed by atoms with van der Waals surface area (Å²) in [6, 6.07) is 4.92. The van der Waals surface area contributed by atoms with E-state index in [-0.39, 0.29) is 29.6 Å². The van der Waals surface area contributed by atoms with Crippen molar-refractivity contribution < 1.29 is 14.4 Å². The quantitative estimate of drug-likeness (QED) is 0.860. The SMILES string of the molecule is Cc1ccc(NC(=O)[C@H](C)N2C(=O)[C@@H]3[C@H]4CC[C@@H](C4)[C@H]3C2=O)cc1C. The minimum atomic E-state index is -0.772. The summed E-state index contributed by atoms with van der Waals surface area (Å²) in [5.41, 5.74) is 2.93. The number of hydrogen-bond donors (Lipinski definition) is 1. The number of benzene rings is 1. The number of carbonyl (C=O) groups is 3.